The van der Waals surface area contributed by atoms with E-state index in [1.807, 2.05) is 30.1 Å². The monoisotopic (exact) mass is 287 g/mol. The summed E-state index contributed by atoms with van der Waals surface area (Å²) >= 11 is 4.83. The molecular formula is C10H10BrNO2S. The molecule has 1 unspecified atom stereocenters. The van der Waals surface area contributed by atoms with Gasteiger partial charge in [0, 0.05) is 23.0 Å². The van der Waals surface area contributed by atoms with Gasteiger partial charge < -0.3 is 10.0 Å². The molecule has 0 saturated heterocycles. The summed E-state index contributed by atoms with van der Waals surface area (Å²) in [6.07, 6.45) is 0. The third-order valence-electron chi connectivity index (χ3n) is 2.32. The first-order valence-corrected chi connectivity index (χ1v) is 6.15. The van der Waals surface area contributed by atoms with Gasteiger partial charge in [0.2, 0.25) is 0 Å². The molecule has 1 aromatic carbocycles. The highest BCUT2D eigenvalue weighted by atomic mass is 79.9. The van der Waals surface area contributed by atoms with Crippen LogP contribution in [0.2, 0.25) is 0 Å². The minimum absolute atomic E-state index is 0.372. The molecule has 15 heavy (non-hydrogen) atoms. The van der Waals surface area contributed by atoms with Gasteiger partial charge >= 0.3 is 5.97 Å². The first-order valence-electron chi connectivity index (χ1n) is 4.48. The summed E-state index contributed by atoms with van der Waals surface area (Å²) < 4.78 is 1.02. The van der Waals surface area contributed by atoms with Crippen LogP contribution in [0.4, 0.5) is 5.69 Å². The third kappa shape index (κ3) is 2.13. The van der Waals surface area contributed by atoms with E-state index >= 15 is 0 Å². The van der Waals surface area contributed by atoms with E-state index < -0.39 is 5.97 Å². The maximum atomic E-state index is 10.9. The summed E-state index contributed by atoms with van der Waals surface area (Å²) in [5.74, 6) is -0.750. The van der Waals surface area contributed by atoms with Crippen molar-refractivity contribution in [1.82, 2.24) is 0 Å². The number of halogens is 1. The van der Waals surface area contributed by atoms with Crippen molar-refractivity contribution < 1.29 is 9.90 Å². The van der Waals surface area contributed by atoms with Crippen molar-refractivity contribution in [3.05, 3.63) is 22.7 Å². The van der Waals surface area contributed by atoms with Crippen LogP contribution < -0.4 is 4.90 Å². The number of thioether (sulfide) groups is 1. The molecule has 0 amide bonds. The van der Waals surface area contributed by atoms with Gasteiger partial charge in [-0.05, 0) is 18.2 Å². The number of fused-ring (bicyclic) bond motifs is 1. The molecule has 80 valence electrons. The Morgan fingerprint density at radius 1 is 1.67 bits per heavy atom. The zero-order chi connectivity index (χ0) is 11.0. The second-order valence-corrected chi connectivity index (χ2v) is 5.60. The summed E-state index contributed by atoms with van der Waals surface area (Å²) in [5, 5.41) is 8.61. The second-order valence-electron chi connectivity index (χ2n) is 3.44. The molecule has 0 spiro atoms. The lowest BCUT2D eigenvalue weighted by molar-refractivity contribution is -0.136. The number of anilines is 1. The molecule has 1 aromatic rings. The third-order valence-corrected chi connectivity index (χ3v) is 4.04. The van der Waals surface area contributed by atoms with Gasteiger partial charge in [-0.1, -0.05) is 15.9 Å². The molecule has 5 heteroatoms. The van der Waals surface area contributed by atoms with Crippen LogP contribution in [0.1, 0.15) is 0 Å². The summed E-state index contributed by atoms with van der Waals surface area (Å²) in [6.45, 7) is 0.545. The lowest BCUT2D eigenvalue weighted by atomic mass is 10.2. The van der Waals surface area contributed by atoms with Crippen LogP contribution in [0.3, 0.4) is 0 Å². The average Bonchev–Trinajstić information content (AvgIpc) is 2.18. The predicted octanol–water partition coefficient (Wildman–Crippen LogP) is 2.44. The van der Waals surface area contributed by atoms with Crippen LogP contribution >= 0.6 is 27.7 Å². The Morgan fingerprint density at radius 3 is 3.07 bits per heavy atom. The molecule has 1 atom stereocenters. The normalized spacial score (nSPS) is 19.9. The van der Waals surface area contributed by atoms with Crippen LogP contribution in [0, 0.1) is 0 Å². The van der Waals surface area contributed by atoms with E-state index in [2.05, 4.69) is 15.9 Å². The van der Waals surface area contributed by atoms with Gasteiger partial charge in [-0.3, -0.25) is 4.79 Å². The number of rotatable bonds is 1. The van der Waals surface area contributed by atoms with Gasteiger partial charge in [-0.25, -0.2) is 0 Å². The quantitative estimate of drug-likeness (QED) is 0.861. The van der Waals surface area contributed by atoms with Gasteiger partial charge in [-0.2, -0.15) is 0 Å². The SMILES string of the molecule is CN1CC(C(=O)O)Sc2ccc(Br)cc21. The Kier molecular flexibility index (Phi) is 2.93. The largest absolute Gasteiger partial charge is 0.480 e. The number of hydrogen-bond donors (Lipinski definition) is 1. The van der Waals surface area contributed by atoms with Gasteiger partial charge in [-0.15, -0.1) is 11.8 Å². The van der Waals surface area contributed by atoms with Gasteiger partial charge in [0.15, 0.2) is 0 Å². The number of hydrogen-bond acceptors (Lipinski definition) is 3. The highest BCUT2D eigenvalue weighted by molar-refractivity contribution is 9.10. The highest BCUT2D eigenvalue weighted by Gasteiger charge is 2.27. The standard InChI is InChI=1S/C10H10BrNO2S/c1-12-5-9(10(13)14)15-8-3-2-6(11)4-7(8)12/h2-4,9H,5H2,1H3,(H,13,14). The van der Waals surface area contributed by atoms with Crippen LogP contribution in [-0.4, -0.2) is 29.9 Å². The minimum atomic E-state index is -0.750. The molecule has 3 nitrogen and oxygen atoms in total. The first-order chi connectivity index (χ1) is 7.08. The van der Waals surface area contributed by atoms with Crippen molar-refractivity contribution in [2.24, 2.45) is 0 Å². The van der Waals surface area contributed by atoms with E-state index in [0.717, 1.165) is 15.1 Å². The van der Waals surface area contributed by atoms with E-state index in [1.165, 1.54) is 11.8 Å². The summed E-state index contributed by atoms with van der Waals surface area (Å²) in [7, 11) is 1.92. The van der Waals surface area contributed by atoms with E-state index in [9.17, 15) is 4.79 Å². The zero-order valence-corrected chi connectivity index (χ0v) is 10.5. The predicted molar refractivity (Wildman–Crippen MR) is 64.7 cm³/mol. The highest BCUT2D eigenvalue weighted by Crippen LogP contribution is 2.39. The zero-order valence-electron chi connectivity index (χ0n) is 8.11. The Morgan fingerprint density at radius 2 is 2.40 bits per heavy atom. The maximum Gasteiger partial charge on any atom is 0.318 e. The lowest BCUT2D eigenvalue weighted by Crippen LogP contribution is -2.35. The number of carboxylic acid groups (broad SMARTS) is 1. The number of nitrogens with zero attached hydrogens (tertiary/aromatic N) is 1. The van der Waals surface area contributed by atoms with Crippen LogP contribution in [0.25, 0.3) is 0 Å². The molecule has 0 aromatic heterocycles. The fourth-order valence-corrected chi connectivity index (χ4v) is 3.09. The molecule has 0 fully saturated rings. The number of carboxylic acids is 1. The van der Waals surface area contributed by atoms with Crippen LogP contribution in [-0.2, 0) is 4.79 Å². The number of aliphatic carboxylic acids is 1. The topological polar surface area (TPSA) is 40.5 Å². The van der Waals surface area contributed by atoms with Crippen LogP contribution in [0.5, 0.6) is 0 Å². The fourth-order valence-electron chi connectivity index (χ4n) is 1.55. The van der Waals surface area contributed by atoms with Gasteiger partial charge in [0.1, 0.15) is 5.25 Å². The van der Waals surface area contributed by atoms with E-state index in [4.69, 9.17) is 5.11 Å². The molecule has 1 aliphatic rings. The lowest BCUT2D eigenvalue weighted by Gasteiger charge is -2.30. The van der Waals surface area contributed by atoms with Crippen molar-refractivity contribution in [3.8, 4) is 0 Å². The molecule has 0 aliphatic carbocycles. The van der Waals surface area contributed by atoms with Gasteiger partial charge in [0.05, 0.1) is 5.69 Å². The Hall–Kier alpha value is -0.680. The smallest absolute Gasteiger partial charge is 0.318 e. The average molecular weight is 288 g/mol. The molecule has 1 aliphatic heterocycles. The summed E-state index contributed by atoms with van der Waals surface area (Å²) in [5.41, 5.74) is 1.09. The molecule has 1 N–H and O–H groups in total. The molecular weight excluding hydrogens is 278 g/mol. The van der Waals surface area contributed by atoms with Crippen LogP contribution in [0.15, 0.2) is 27.6 Å². The van der Waals surface area contributed by atoms with Crippen molar-refractivity contribution >= 4 is 39.3 Å². The molecule has 0 saturated carbocycles. The van der Waals surface area contributed by atoms with Crippen molar-refractivity contribution in [1.29, 1.82) is 0 Å². The fraction of sp³-hybridized carbons (Fsp3) is 0.300. The molecule has 0 bridgehead atoms. The number of benzene rings is 1. The first kappa shape index (κ1) is 10.8. The van der Waals surface area contributed by atoms with Crippen molar-refractivity contribution in [2.75, 3.05) is 18.5 Å². The van der Waals surface area contributed by atoms with Crippen molar-refractivity contribution in [3.63, 3.8) is 0 Å². The van der Waals surface area contributed by atoms with Crippen molar-refractivity contribution in [2.45, 2.75) is 10.1 Å². The molecule has 1 heterocycles. The van der Waals surface area contributed by atoms with E-state index in [1.54, 1.807) is 0 Å². The maximum absolute atomic E-state index is 10.9. The Labute approximate surface area is 101 Å². The van der Waals surface area contributed by atoms with E-state index in [0.29, 0.717) is 6.54 Å². The summed E-state index contributed by atoms with van der Waals surface area (Å²) in [6, 6.07) is 5.90. The molecule has 2 rings (SSSR count). The Bertz CT molecular complexity index is 410. The van der Waals surface area contributed by atoms with E-state index in [-0.39, 0.29) is 5.25 Å². The Balaban J connectivity index is 2.36. The second kappa shape index (κ2) is 4.06. The summed E-state index contributed by atoms with van der Waals surface area (Å²) in [4.78, 5) is 13.9. The van der Waals surface area contributed by atoms with Gasteiger partial charge in [0.25, 0.3) is 0 Å². The minimum Gasteiger partial charge on any atom is -0.480 e. The molecule has 0 radical (unpaired) electrons. The number of carbonyl (C=O) groups is 1.